The van der Waals surface area contributed by atoms with Gasteiger partial charge in [-0.25, -0.2) is 0 Å². The van der Waals surface area contributed by atoms with Gasteiger partial charge in [-0.1, -0.05) is 0 Å². The molecule has 1 heterocycles. The highest BCUT2D eigenvalue weighted by molar-refractivity contribution is 5.69. The second-order valence-electron chi connectivity index (χ2n) is 6.07. The molecular weight excluding hydrogens is 254 g/mol. The van der Waals surface area contributed by atoms with Crippen molar-refractivity contribution in [1.29, 1.82) is 0 Å². The molecule has 1 aromatic heterocycles. The third-order valence-electron chi connectivity index (χ3n) is 4.13. The Kier molecular flexibility index (Phi) is 5.17. The Morgan fingerprint density at radius 2 is 2.15 bits per heavy atom. The Morgan fingerprint density at radius 1 is 1.45 bits per heavy atom. The molecule has 1 aromatic rings. The zero-order valence-corrected chi connectivity index (χ0v) is 12.4. The number of hydrogen-bond acceptors (Lipinski definition) is 3. The molecule has 0 unspecified atom stereocenters. The van der Waals surface area contributed by atoms with Crippen molar-refractivity contribution < 1.29 is 9.90 Å². The first kappa shape index (κ1) is 15.0. The van der Waals surface area contributed by atoms with Crippen LogP contribution in [0.5, 0.6) is 0 Å². The average molecular weight is 279 g/mol. The summed E-state index contributed by atoms with van der Waals surface area (Å²) in [5.74, 6) is -0.138. The molecular formula is C15H25N3O2. The lowest BCUT2D eigenvalue weighted by atomic mass is 9.82. The fraction of sp³-hybridized carbons (Fsp3) is 0.733. The number of carboxylic acids is 1. The first-order valence-electron chi connectivity index (χ1n) is 7.54. The van der Waals surface area contributed by atoms with E-state index >= 15 is 0 Å². The summed E-state index contributed by atoms with van der Waals surface area (Å²) in [6, 6.07) is 2.45. The van der Waals surface area contributed by atoms with E-state index in [1.54, 1.807) is 0 Å². The number of nitrogens with one attached hydrogen (secondary N) is 1. The van der Waals surface area contributed by atoms with Gasteiger partial charge >= 0.3 is 5.97 Å². The molecule has 20 heavy (non-hydrogen) atoms. The molecule has 1 aliphatic rings. The quantitative estimate of drug-likeness (QED) is 0.839. The number of carboxylic acid groups (broad SMARTS) is 1. The molecule has 1 fully saturated rings. The van der Waals surface area contributed by atoms with Gasteiger partial charge in [0.2, 0.25) is 0 Å². The van der Waals surface area contributed by atoms with E-state index in [-0.39, 0.29) is 5.92 Å². The molecule has 0 spiro atoms. The number of aromatic nitrogens is 2. The Labute approximate surface area is 120 Å². The Morgan fingerprint density at radius 3 is 2.70 bits per heavy atom. The lowest BCUT2D eigenvalue weighted by Crippen LogP contribution is -2.28. The highest BCUT2D eigenvalue weighted by Crippen LogP contribution is 2.28. The summed E-state index contributed by atoms with van der Waals surface area (Å²) in [6.45, 7) is 5.98. The summed E-state index contributed by atoms with van der Waals surface area (Å²) in [4.78, 5) is 10.9. The van der Waals surface area contributed by atoms with Gasteiger partial charge in [0.25, 0.3) is 0 Å². The van der Waals surface area contributed by atoms with Crippen molar-refractivity contribution in [2.24, 2.45) is 11.8 Å². The molecule has 5 heteroatoms. The molecule has 1 aliphatic carbocycles. The minimum atomic E-state index is -0.629. The number of rotatable bonds is 6. The molecule has 2 N–H and O–H groups in total. The fourth-order valence-electron chi connectivity index (χ4n) is 2.78. The molecule has 2 rings (SSSR count). The maximum absolute atomic E-state index is 10.9. The fourth-order valence-corrected chi connectivity index (χ4v) is 2.78. The Hall–Kier alpha value is -1.36. The predicted molar refractivity (Wildman–Crippen MR) is 77.4 cm³/mol. The van der Waals surface area contributed by atoms with E-state index in [2.05, 4.69) is 24.3 Å². The lowest BCUT2D eigenvalue weighted by Gasteiger charge is -2.26. The normalized spacial score (nSPS) is 23.1. The molecule has 5 nitrogen and oxygen atoms in total. The van der Waals surface area contributed by atoms with Crippen LogP contribution in [-0.4, -0.2) is 27.4 Å². The van der Waals surface area contributed by atoms with Crippen LogP contribution in [0.25, 0.3) is 0 Å². The standard InChI is InChI=1S/C15H25N3O2/c1-11(2)18-8-7-14(17-18)10-16-9-12-3-5-13(6-4-12)15(19)20/h7-8,11-13,16H,3-6,9-10H2,1-2H3,(H,19,20). The molecule has 112 valence electrons. The molecule has 0 aliphatic heterocycles. The minimum absolute atomic E-state index is 0.118. The van der Waals surface area contributed by atoms with Crippen LogP contribution >= 0.6 is 0 Å². The SMILES string of the molecule is CC(C)n1ccc(CNCC2CCC(C(=O)O)CC2)n1. The summed E-state index contributed by atoms with van der Waals surface area (Å²) in [5, 5.41) is 16.9. The maximum atomic E-state index is 10.9. The monoisotopic (exact) mass is 279 g/mol. The van der Waals surface area contributed by atoms with E-state index in [1.165, 1.54) is 0 Å². The van der Waals surface area contributed by atoms with Gasteiger partial charge in [0, 0.05) is 18.8 Å². The van der Waals surface area contributed by atoms with E-state index in [9.17, 15) is 4.79 Å². The van der Waals surface area contributed by atoms with Crippen molar-refractivity contribution in [2.45, 2.75) is 52.1 Å². The van der Waals surface area contributed by atoms with Gasteiger partial charge in [0.15, 0.2) is 0 Å². The summed E-state index contributed by atoms with van der Waals surface area (Å²) in [7, 11) is 0. The van der Waals surface area contributed by atoms with Crippen molar-refractivity contribution in [2.75, 3.05) is 6.54 Å². The second kappa shape index (κ2) is 6.88. The van der Waals surface area contributed by atoms with Gasteiger partial charge in [-0.15, -0.1) is 0 Å². The average Bonchev–Trinajstić information content (AvgIpc) is 2.88. The van der Waals surface area contributed by atoms with Crippen LogP contribution in [0.3, 0.4) is 0 Å². The van der Waals surface area contributed by atoms with Crippen LogP contribution in [-0.2, 0) is 11.3 Å². The van der Waals surface area contributed by atoms with Gasteiger partial charge in [0.1, 0.15) is 0 Å². The number of aliphatic carboxylic acids is 1. The van der Waals surface area contributed by atoms with Gasteiger partial charge in [-0.05, 0) is 58.1 Å². The van der Waals surface area contributed by atoms with Crippen molar-refractivity contribution in [3.05, 3.63) is 18.0 Å². The molecule has 0 radical (unpaired) electrons. The molecule has 0 amide bonds. The van der Waals surface area contributed by atoms with Gasteiger partial charge in [0.05, 0.1) is 11.6 Å². The zero-order valence-electron chi connectivity index (χ0n) is 12.4. The van der Waals surface area contributed by atoms with Gasteiger partial charge in [-0.3, -0.25) is 9.48 Å². The number of nitrogens with zero attached hydrogens (tertiary/aromatic N) is 2. The topological polar surface area (TPSA) is 67.2 Å². The zero-order chi connectivity index (χ0) is 14.5. The first-order valence-corrected chi connectivity index (χ1v) is 7.54. The molecule has 0 atom stereocenters. The Bertz CT molecular complexity index is 434. The highest BCUT2D eigenvalue weighted by Gasteiger charge is 2.25. The molecule has 0 aromatic carbocycles. The molecule has 1 saturated carbocycles. The van der Waals surface area contributed by atoms with Crippen LogP contribution in [0.15, 0.2) is 12.3 Å². The summed E-state index contributed by atoms with van der Waals surface area (Å²) < 4.78 is 1.97. The van der Waals surface area contributed by atoms with Crippen LogP contribution in [0.1, 0.15) is 51.3 Å². The van der Waals surface area contributed by atoms with E-state index in [1.807, 2.05) is 16.9 Å². The first-order chi connectivity index (χ1) is 9.56. The second-order valence-corrected chi connectivity index (χ2v) is 6.07. The van der Waals surface area contributed by atoms with Crippen molar-refractivity contribution >= 4 is 5.97 Å². The lowest BCUT2D eigenvalue weighted by molar-refractivity contribution is -0.143. The van der Waals surface area contributed by atoms with E-state index in [0.29, 0.717) is 12.0 Å². The number of hydrogen-bond donors (Lipinski definition) is 2. The molecule has 0 saturated heterocycles. The summed E-state index contributed by atoms with van der Waals surface area (Å²) in [5.41, 5.74) is 1.07. The van der Waals surface area contributed by atoms with Gasteiger partial charge in [-0.2, -0.15) is 5.10 Å². The van der Waals surface area contributed by atoms with Crippen molar-refractivity contribution in [1.82, 2.24) is 15.1 Å². The third kappa shape index (κ3) is 4.07. The van der Waals surface area contributed by atoms with E-state index in [4.69, 9.17) is 5.11 Å². The van der Waals surface area contributed by atoms with E-state index < -0.39 is 5.97 Å². The smallest absolute Gasteiger partial charge is 0.306 e. The minimum Gasteiger partial charge on any atom is -0.481 e. The highest BCUT2D eigenvalue weighted by atomic mass is 16.4. The maximum Gasteiger partial charge on any atom is 0.306 e. The largest absolute Gasteiger partial charge is 0.481 e. The third-order valence-corrected chi connectivity index (χ3v) is 4.13. The summed E-state index contributed by atoms with van der Waals surface area (Å²) >= 11 is 0. The van der Waals surface area contributed by atoms with Crippen molar-refractivity contribution in [3.8, 4) is 0 Å². The van der Waals surface area contributed by atoms with Crippen molar-refractivity contribution in [3.63, 3.8) is 0 Å². The van der Waals surface area contributed by atoms with Gasteiger partial charge < -0.3 is 10.4 Å². The van der Waals surface area contributed by atoms with Crippen LogP contribution in [0, 0.1) is 11.8 Å². The van der Waals surface area contributed by atoms with Crippen LogP contribution in [0.2, 0.25) is 0 Å². The van der Waals surface area contributed by atoms with E-state index in [0.717, 1.165) is 44.5 Å². The van der Waals surface area contributed by atoms with Crippen LogP contribution < -0.4 is 5.32 Å². The Balaban J connectivity index is 1.67. The summed E-state index contributed by atoms with van der Waals surface area (Å²) in [6.07, 6.45) is 5.70. The number of carbonyl (C=O) groups is 1. The molecule has 0 bridgehead atoms. The van der Waals surface area contributed by atoms with Crippen LogP contribution in [0.4, 0.5) is 0 Å². The predicted octanol–water partition coefficient (Wildman–Crippen LogP) is 2.44.